The number of hydrogen-bond acceptors (Lipinski definition) is 6. The summed E-state index contributed by atoms with van der Waals surface area (Å²) in [6.45, 7) is 4.33. The predicted octanol–water partition coefficient (Wildman–Crippen LogP) is 0.0419. The average Bonchev–Trinajstić information content (AvgIpc) is 2.90. The highest BCUT2D eigenvalue weighted by Gasteiger charge is 2.27. The predicted molar refractivity (Wildman–Crippen MR) is 85.1 cm³/mol. The van der Waals surface area contributed by atoms with Gasteiger partial charge in [-0.05, 0) is 26.9 Å². The smallest absolute Gasteiger partial charge is 0.234 e. The van der Waals surface area contributed by atoms with E-state index < -0.39 is 0 Å². The van der Waals surface area contributed by atoms with Crippen molar-refractivity contribution in [3.8, 4) is 0 Å². The van der Waals surface area contributed by atoms with Crippen LogP contribution in [0.2, 0.25) is 0 Å². The van der Waals surface area contributed by atoms with Gasteiger partial charge in [0.15, 0.2) is 0 Å². The topological polar surface area (TPSA) is 70.8 Å². The lowest BCUT2D eigenvalue weighted by molar-refractivity contribution is -0.124. The number of aryl methyl sites for hydroxylation is 1. The molecule has 0 saturated carbocycles. The van der Waals surface area contributed by atoms with Crippen molar-refractivity contribution < 1.29 is 14.1 Å². The molecule has 3 rings (SSSR count). The van der Waals surface area contributed by atoms with Gasteiger partial charge in [-0.3, -0.25) is 9.69 Å². The summed E-state index contributed by atoms with van der Waals surface area (Å²) >= 11 is 0. The van der Waals surface area contributed by atoms with Gasteiger partial charge < -0.3 is 19.5 Å². The highest BCUT2D eigenvalue weighted by atomic mass is 16.5. The third-order valence-electron chi connectivity index (χ3n) is 4.42. The summed E-state index contributed by atoms with van der Waals surface area (Å²) in [7, 11) is 4.04. The van der Waals surface area contributed by atoms with Crippen LogP contribution in [0.3, 0.4) is 0 Å². The number of ether oxygens (including phenoxy) is 1. The number of nitrogens with zero attached hydrogens (tertiary/aromatic N) is 3. The molecule has 2 heterocycles. The molecule has 0 spiro atoms. The maximum atomic E-state index is 12.3. The average molecular weight is 322 g/mol. The van der Waals surface area contributed by atoms with Crippen molar-refractivity contribution >= 4 is 5.91 Å². The van der Waals surface area contributed by atoms with Gasteiger partial charge in [-0.1, -0.05) is 5.16 Å². The Balaban J connectivity index is 1.54. The quantitative estimate of drug-likeness (QED) is 0.825. The molecule has 1 aliphatic heterocycles. The third kappa shape index (κ3) is 4.31. The SMILES string of the molecule is CN(C)Cc1noc2c1CC(NC(=O)CN1CCOCC1)CC2. The monoisotopic (exact) mass is 322 g/mol. The molecule has 1 aromatic rings. The second kappa shape index (κ2) is 7.42. The van der Waals surface area contributed by atoms with Gasteiger partial charge in [-0.2, -0.15) is 0 Å². The maximum absolute atomic E-state index is 12.3. The van der Waals surface area contributed by atoms with Gasteiger partial charge in [0, 0.05) is 37.7 Å². The Kier molecular flexibility index (Phi) is 5.30. The van der Waals surface area contributed by atoms with Crippen LogP contribution in [0.5, 0.6) is 0 Å². The lowest BCUT2D eigenvalue weighted by Gasteiger charge is -2.28. The fourth-order valence-electron chi connectivity index (χ4n) is 3.25. The molecule has 0 bridgehead atoms. The van der Waals surface area contributed by atoms with E-state index in [1.807, 2.05) is 14.1 Å². The first-order valence-corrected chi connectivity index (χ1v) is 8.32. The molecule has 23 heavy (non-hydrogen) atoms. The second-order valence-corrected chi connectivity index (χ2v) is 6.66. The molecule has 7 heteroatoms. The molecule has 1 N–H and O–H groups in total. The number of hydrogen-bond donors (Lipinski definition) is 1. The van der Waals surface area contributed by atoms with Crippen molar-refractivity contribution in [1.82, 2.24) is 20.3 Å². The zero-order chi connectivity index (χ0) is 16.2. The van der Waals surface area contributed by atoms with E-state index in [-0.39, 0.29) is 11.9 Å². The van der Waals surface area contributed by atoms with Crippen LogP contribution in [-0.4, -0.2) is 73.8 Å². The number of amides is 1. The molecule has 1 fully saturated rings. The van der Waals surface area contributed by atoms with Gasteiger partial charge in [0.1, 0.15) is 11.5 Å². The molecular formula is C16H26N4O3. The van der Waals surface area contributed by atoms with E-state index in [0.717, 1.165) is 50.4 Å². The third-order valence-corrected chi connectivity index (χ3v) is 4.42. The molecular weight excluding hydrogens is 296 g/mol. The molecule has 1 unspecified atom stereocenters. The van der Waals surface area contributed by atoms with Crippen LogP contribution in [0.4, 0.5) is 0 Å². The first kappa shape index (κ1) is 16.4. The van der Waals surface area contributed by atoms with Crippen molar-refractivity contribution in [1.29, 1.82) is 0 Å². The minimum Gasteiger partial charge on any atom is -0.379 e. The van der Waals surface area contributed by atoms with Gasteiger partial charge in [-0.25, -0.2) is 0 Å². The Hall–Kier alpha value is -1.44. The zero-order valence-electron chi connectivity index (χ0n) is 14.0. The summed E-state index contributed by atoms with van der Waals surface area (Å²) in [4.78, 5) is 16.5. The Morgan fingerprint density at radius 2 is 2.17 bits per heavy atom. The number of carbonyl (C=O) groups is 1. The van der Waals surface area contributed by atoms with Crippen LogP contribution in [0, 0.1) is 0 Å². The number of rotatable bonds is 5. The molecule has 1 amide bonds. The van der Waals surface area contributed by atoms with Gasteiger partial charge >= 0.3 is 0 Å². The van der Waals surface area contributed by atoms with E-state index in [0.29, 0.717) is 19.8 Å². The summed E-state index contributed by atoms with van der Waals surface area (Å²) < 4.78 is 10.8. The van der Waals surface area contributed by atoms with Crippen LogP contribution >= 0.6 is 0 Å². The summed E-state index contributed by atoms with van der Waals surface area (Å²) in [5.41, 5.74) is 2.18. The number of fused-ring (bicyclic) bond motifs is 1. The lowest BCUT2D eigenvalue weighted by atomic mass is 9.92. The number of nitrogens with one attached hydrogen (secondary N) is 1. The molecule has 128 valence electrons. The zero-order valence-corrected chi connectivity index (χ0v) is 14.0. The Labute approximate surface area is 136 Å². The molecule has 1 saturated heterocycles. The first-order chi connectivity index (χ1) is 11.1. The number of aromatic nitrogens is 1. The minimum atomic E-state index is 0.103. The largest absolute Gasteiger partial charge is 0.379 e. The van der Waals surface area contributed by atoms with Crippen LogP contribution in [0.25, 0.3) is 0 Å². The van der Waals surface area contributed by atoms with E-state index in [9.17, 15) is 4.79 Å². The van der Waals surface area contributed by atoms with Gasteiger partial charge in [-0.15, -0.1) is 0 Å². The van der Waals surface area contributed by atoms with Crippen molar-refractivity contribution in [3.05, 3.63) is 17.0 Å². The Morgan fingerprint density at radius 3 is 2.91 bits per heavy atom. The molecule has 2 aliphatic rings. The van der Waals surface area contributed by atoms with Crippen LogP contribution in [0.1, 0.15) is 23.4 Å². The Morgan fingerprint density at radius 1 is 1.39 bits per heavy atom. The van der Waals surface area contributed by atoms with Crippen LogP contribution < -0.4 is 5.32 Å². The fraction of sp³-hybridized carbons (Fsp3) is 0.750. The molecule has 1 aliphatic carbocycles. The summed E-state index contributed by atoms with van der Waals surface area (Å²) in [5, 5.41) is 7.37. The molecule has 0 radical (unpaired) electrons. The minimum absolute atomic E-state index is 0.103. The highest BCUT2D eigenvalue weighted by molar-refractivity contribution is 5.78. The van der Waals surface area contributed by atoms with Crippen molar-refractivity contribution in [2.75, 3.05) is 46.9 Å². The fourth-order valence-corrected chi connectivity index (χ4v) is 3.25. The molecule has 7 nitrogen and oxygen atoms in total. The summed E-state index contributed by atoms with van der Waals surface area (Å²) in [6, 6.07) is 0.177. The van der Waals surface area contributed by atoms with Gasteiger partial charge in [0.05, 0.1) is 19.8 Å². The van der Waals surface area contributed by atoms with Gasteiger partial charge in [0.25, 0.3) is 0 Å². The molecule has 1 aromatic heterocycles. The summed E-state index contributed by atoms with van der Waals surface area (Å²) in [5.74, 6) is 1.09. The van der Waals surface area contributed by atoms with E-state index in [1.165, 1.54) is 5.56 Å². The van der Waals surface area contributed by atoms with Crippen molar-refractivity contribution in [2.45, 2.75) is 31.8 Å². The van der Waals surface area contributed by atoms with Gasteiger partial charge in [0.2, 0.25) is 5.91 Å². The maximum Gasteiger partial charge on any atom is 0.234 e. The van der Waals surface area contributed by atoms with E-state index >= 15 is 0 Å². The standard InChI is InChI=1S/C16H26N4O3/c1-19(2)10-14-13-9-12(3-4-15(13)23-18-14)17-16(21)11-20-5-7-22-8-6-20/h12H,3-11H2,1-2H3,(H,17,21). The number of carbonyl (C=O) groups excluding carboxylic acids is 1. The summed E-state index contributed by atoms with van der Waals surface area (Å²) in [6.07, 6.45) is 2.58. The normalized spacial score (nSPS) is 22.1. The van der Waals surface area contributed by atoms with E-state index in [4.69, 9.17) is 9.26 Å². The lowest BCUT2D eigenvalue weighted by Crippen LogP contribution is -2.47. The highest BCUT2D eigenvalue weighted by Crippen LogP contribution is 2.25. The molecule has 0 aromatic carbocycles. The van der Waals surface area contributed by atoms with Crippen LogP contribution in [0.15, 0.2) is 4.52 Å². The van der Waals surface area contributed by atoms with Crippen LogP contribution in [-0.2, 0) is 28.9 Å². The van der Waals surface area contributed by atoms with E-state index in [2.05, 4.69) is 20.3 Å². The second-order valence-electron chi connectivity index (χ2n) is 6.66. The van der Waals surface area contributed by atoms with E-state index in [1.54, 1.807) is 0 Å². The van der Waals surface area contributed by atoms with Crippen molar-refractivity contribution in [3.63, 3.8) is 0 Å². The molecule has 1 atom stereocenters. The van der Waals surface area contributed by atoms with Crippen molar-refractivity contribution in [2.24, 2.45) is 0 Å². The number of morpholine rings is 1. The Bertz CT molecular complexity index is 537. The first-order valence-electron chi connectivity index (χ1n) is 8.32.